The number of hydrogen-bond acceptors (Lipinski definition) is 2. The largest absolute Gasteiger partial charge is 0.435 e. The molecule has 2 heterocycles. The Balaban J connectivity index is 1.97. The molecule has 0 atom stereocenters. The van der Waals surface area contributed by atoms with Crippen LogP contribution in [-0.2, 0) is 31.1 Å². The van der Waals surface area contributed by atoms with Crippen LogP contribution < -0.4 is 5.32 Å². The van der Waals surface area contributed by atoms with Crippen LogP contribution in [0.3, 0.4) is 0 Å². The molecule has 22 heavy (non-hydrogen) atoms. The molecule has 1 amide bonds. The summed E-state index contributed by atoms with van der Waals surface area (Å²) in [4.78, 5) is 11.8. The second kappa shape index (κ2) is 5.86. The van der Waals surface area contributed by atoms with Crippen LogP contribution in [0, 0.1) is 13.8 Å². The van der Waals surface area contributed by atoms with Crippen molar-refractivity contribution in [3.05, 3.63) is 41.0 Å². The molecular formula is C14H17F3N4O. The summed E-state index contributed by atoms with van der Waals surface area (Å²) in [6.07, 6.45) is -3.29. The molecule has 0 bridgehead atoms. The highest BCUT2D eigenvalue weighted by molar-refractivity contribution is 5.75. The SMILES string of the molecule is Cc1cn(CC(=O)NCc2ccc(C)n2C)nc1C(F)(F)F. The summed E-state index contributed by atoms with van der Waals surface area (Å²) in [5.41, 5.74) is 1.01. The van der Waals surface area contributed by atoms with Crippen LogP contribution in [-0.4, -0.2) is 20.3 Å². The van der Waals surface area contributed by atoms with Crippen molar-refractivity contribution in [3.63, 3.8) is 0 Å². The summed E-state index contributed by atoms with van der Waals surface area (Å²) < 4.78 is 40.8. The van der Waals surface area contributed by atoms with E-state index in [2.05, 4.69) is 10.4 Å². The minimum Gasteiger partial charge on any atom is -0.350 e. The van der Waals surface area contributed by atoms with E-state index in [1.165, 1.54) is 13.1 Å². The minimum atomic E-state index is -4.51. The Morgan fingerprint density at radius 1 is 1.32 bits per heavy atom. The van der Waals surface area contributed by atoms with Gasteiger partial charge in [0, 0.05) is 24.6 Å². The molecule has 0 unspecified atom stereocenters. The van der Waals surface area contributed by atoms with Gasteiger partial charge < -0.3 is 9.88 Å². The van der Waals surface area contributed by atoms with E-state index in [9.17, 15) is 18.0 Å². The van der Waals surface area contributed by atoms with Crippen molar-refractivity contribution in [1.29, 1.82) is 0 Å². The van der Waals surface area contributed by atoms with E-state index in [1.54, 1.807) is 0 Å². The van der Waals surface area contributed by atoms with Crippen LogP contribution in [0.15, 0.2) is 18.3 Å². The number of carbonyl (C=O) groups excluding carboxylic acids is 1. The molecule has 0 fully saturated rings. The zero-order valence-electron chi connectivity index (χ0n) is 12.5. The van der Waals surface area contributed by atoms with E-state index in [4.69, 9.17) is 0 Å². The minimum absolute atomic E-state index is 0.00152. The third-order valence-electron chi connectivity index (χ3n) is 3.46. The summed E-state index contributed by atoms with van der Waals surface area (Å²) in [6.45, 7) is 3.32. The fraction of sp³-hybridized carbons (Fsp3) is 0.429. The first-order valence-corrected chi connectivity index (χ1v) is 6.67. The van der Waals surface area contributed by atoms with E-state index >= 15 is 0 Å². The van der Waals surface area contributed by atoms with Gasteiger partial charge in [0.2, 0.25) is 5.91 Å². The van der Waals surface area contributed by atoms with Gasteiger partial charge in [0.05, 0.1) is 6.54 Å². The third kappa shape index (κ3) is 3.49. The molecule has 1 N–H and O–H groups in total. The van der Waals surface area contributed by atoms with Crippen LogP contribution in [0.4, 0.5) is 13.2 Å². The number of halogens is 3. The number of aromatic nitrogens is 3. The number of carbonyl (C=O) groups is 1. The Bertz CT molecular complexity index is 685. The second-order valence-corrected chi connectivity index (χ2v) is 5.16. The standard InChI is InChI=1S/C14H17F3N4O/c1-9-7-21(19-13(9)14(15,16)17)8-12(22)18-6-11-5-4-10(2)20(11)3/h4-5,7H,6,8H2,1-3H3,(H,18,22). The first kappa shape index (κ1) is 16.1. The highest BCUT2D eigenvalue weighted by Gasteiger charge is 2.36. The van der Waals surface area contributed by atoms with E-state index < -0.39 is 17.8 Å². The lowest BCUT2D eigenvalue weighted by atomic mass is 10.3. The summed E-state index contributed by atoms with van der Waals surface area (Å²) in [6, 6.07) is 3.81. The van der Waals surface area contributed by atoms with Crippen molar-refractivity contribution >= 4 is 5.91 Å². The van der Waals surface area contributed by atoms with Crippen molar-refractivity contribution in [3.8, 4) is 0 Å². The van der Waals surface area contributed by atoms with Crippen molar-refractivity contribution in [2.24, 2.45) is 7.05 Å². The van der Waals surface area contributed by atoms with Crippen LogP contribution in [0.5, 0.6) is 0 Å². The Morgan fingerprint density at radius 2 is 2.00 bits per heavy atom. The average Bonchev–Trinajstić information content (AvgIpc) is 2.92. The predicted octanol–water partition coefficient (Wildman–Crippen LogP) is 2.17. The van der Waals surface area contributed by atoms with Gasteiger partial charge in [0.1, 0.15) is 6.54 Å². The smallest absolute Gasteiger partial charge is 0.350 e. The first-order chi connectivity index (χ1) is 10.2. The summed E-state index contributed by atoms with van der Waals surface area (Å²) >= 11 is 0. The Hall–Kier alpha value is -2.25. The fourth-order valence-corrected chi connectivity index (χ4v) is 2.12. The molecule has 0 saturated heterocycles. The van der Waals surface area contributed by atoms with Crippen LogP contribution in [0.25, 0.3) is 0 Å². The molecule has 0 aliphatic heterocycles. The molecule has 2 aromatic rings. The normalized spacial score (nSPS) is 11.7. The van der Waals surface area contributed by atoms with Crippen molar-refractivity contribution in [2.75, 3.05) is 0 Å². The summed E-state index contributed by atoms with van der Waals surface area (Å²) in [5, 5.41) is 6.09. The topological polar surface area (TPSA) is 51.9 Å². The number of aryl methyl sites for hydroxylation is 2. The lowest BCUT2D eigenvalue weighted by Crippen LogP contribution is -2.28. The van der Waals surface area contributed by atoms with E-state index in [-0.39, 0.29) is 12.1 Å². The van der Waals surface area contributed by atoms with Gasteiger partial charge in [-0.3, -0.25) is 9.48 Å². The molecule has 0 saturated carbocycles. The van der Waals surface area contributed by atoms with Gasteiger partial charge in [-0.25, -0.2) is 0 Å². The van der Waals surface area contributed by atoms with Gasteiger partial charge in [-0.05, 0) is 31.5 Å². The third-order valence-corrected chi connectivity index (χ3v) is 3.46. The monoisotopic (exact) mass is 314 g/mol. The molecule has 0 aromatic carbocycles. The highest BCUT2D eigenvalue weighted by Crippen LogP contribution is 2.30. The van der Waals surface area contributed by atoms with Crippen molar-refractivity contribution < 1.29 is 18.0 Å². The van der Waals surface area contributed by atoms with E-state index in [0.717, 1.165) is 16.1 Å². The maximum absolute atomic E-state index is 12.6. The zero-order chi connectivity index (χ0) is 16.5. The van der Waals surface area contributed by atoms with Gasteiger partial charge >= 0.3 is 6.18 Å². The number of rotatable bonds is 4. The van der Waals surface area contributed by atoms with Gasteiger partial charge in [-0.15, -0.1) is 0 Å². The van der Waals surface area contributed by atoms with Crippen LogP contribution in [0.1, 0.15) is 22.6 Å². The molecule has 120 valence electrons. The predicted molar refractivity (Wildman–Crippen MR) is 74.0 cm³/mol. The van der Waals surface area contributed by atoms with E-state index in [1.807, 2.05) is 30.7 Å². The number of amides is 1. The number of hydrogen-bond donors (Lipinski definition) is 1. The Morgan fingerprint density at radius 3 is 2.50 bits per heavy atom. The molecule has 0 radical (unpaired) electrons. The zero-order valence-corrected chi connectivity index (χ0v) is 12.5. The number of nitrogens with zero attached hydrogens (tertiary/aromatic N) is 3. The second-order valence-electron chi connectivity index (χ2n) is 5.16. The molecule has 5 nitrogen and oxygen atoms in total. The summed E-state index contributed by atoms with van der Waals surface area (Å²) in [7, 11) is 1.88. The van der Waals surface area contributed by atoms with Gasteiger partial charge in [-0.1, -0.05) is 0 Å². The Labute approximate surface area is 125 Å². The highest BCUT2D eigenvalue weighted by atomic mass is 19.4. The molecule has 0 spiro atoms. The average molecular weight is 314 g/mol. The molecule has 8 heteroatoms. The maximum atomic E-state index is 12.6. The van der Waals surface area contributed by atoms with Gasteiger partial charge in [0.15, 0.2) is 5.69 Å². The van der Waals surface area contributed by atoms with Crippen LogP contribution >= 0.6 is 0 Å². The van der Waals surface area contributed by atoms with Crippen molar-refractivity contribution in [2.45, 2.75) is 33.1 Å². The van der Waals surface area contributed by atoms with Crippen molar-refractivity contribution in [1.82, 2.24) is 19.7 Å². The summed E-state index contributed by atoms with van der Waals surface area (Å²) in [5.74, 6) is -0.393. The van der Waals surface area contributed by atoms with E-state index in [0.29, 0.717) is 6.54 Å². The quantitative estimate of drug-likeness (QED) is 0.940. The molecule has 0 aliphatic carbocycles. The molecule has 2 aromatic heterocycles. The Kier molecular flexibility index (Phi) is 4.30. The van der Waals surface area contributed by atoms with Gasteiger partial charge in [-0.2, -0.15) is 18.3 Å². The maximum Gasteiger partial charge on any atom is 0.435 e. The lowest BCUT2D eigenvalue weighted by Gasteiger charge is -2.08. The lowest BCUT2D eigenvalue weighted by molar-refractivity contribution is -0.142. The van der Waals surface area contributed by atoms with Gasteiger partial charge in [0.25, 0.3) is 0 Å². The van der Waals surface area contributed by atoms with Crippen LogP contribution in [0.2, 0.25) is 0 Å². The fourth-order valence-electron chi connectivity index (χ4n) is 2.12. The first-order valence-electron chi connectivity index (χ1n) is 6.67. The molecule has 2 rings (SSSR count). The number of alkyl halides is 3. The molecule has 0 aliphatic rings. The molecular weight excluding hydrogens is 297 g/mol. The number of nitrogens with one attached hydrogen (secondary N) is 1.